The maximum Gasteiger partial charge on any atom is 0.255 e. The molecule has 4 nitrogen and oxygen atoms in total. The number of rotatable bonds is 3. The molecule has 4 rings (SSSR count). The summed E-state index contributed by atoms with van der Waals surface area (Å²) in [6.45, 7) is 0. The highest BCUT2D eigenvalue weighted by molar-refractivity contribution is 8.19. The van der Waals surface area contributed by atoms with Crippen LogP contribution in [0.1, 0.15) is 20.5 Å². The van der Waals surface area contributed by atoms with Crippen molar-refractivity contribution < 1.29 is 4.79 Å². The number of nitrogens with zero attached hydrogens (tertiary/aromatic N) is 1. The first kappa shape index (κ1) is 14.7. The summed E-state index contributed by atoms with van der Waals surface area (Å²) in [6.07, 6.45) is 1.75. The molecule has 3 aromatic rings. The van der Waals surface area contributed by atoms with Gasteiger partial charge in [-0.2, -0.15) is 5.10 Å². The quantitative estimate of drug-likeness (QED) is 0.746. The minimum atomic E-state index is -0.0916. The van der Waals surface area contributed by atoms with Gasteiger partial charge in [-0.05, 0) is 35.9 Å². The molecule has 2 aromatic carbocycles. The normalized spacial score (nSPS) is 15.1. The van der Waals surface area contributed by atoms with E-state index in [9.17, 15) is 4.79 Å². The number of aromatic amines is 1. The zero-order chi connectivity index (χ0) is 15.6. The first-order valence-corrected chi connectivity index (χ1v) is 9.47. The highest BCUT2D eigenvalue weighted by Crippen LogP contribution is 2.45. The summed E-state index contributed by atoms with van der Waals surface area (Å²) in [5.41, 5.74) is 3.69. The van der Waals surface area contributed by atoms with Crippen molar-refractivity contribution >= 4 is 46.0 Å². The third-order valence-electron chi connectivity index (χ3n) is 3.76. The van der Waals surface area contributed by atoms with E-state index in [0.29, 0.717) is 10.1 Å². The molecule has 23 heavy (non-hydrogen) atoms. The van der Waals surface area contributed by atoms with Crippen LogP contribution in [0.5, 0.6) is 0 Å². The van der Waals surface area contributed by atoms with Crippen molar-refractivity contribution in [2.75, 3.05) is 16.8 Å². The number of hydrogen-bond donors (Lipinski definition) is 2. The Kier molecular flexibility index (Phi) is 4.01. The zero-order valence-electron chi connectivity index (χ0n) is 12.3. The molecule has 0 bridgehead atoms. The van der Waals surface area contributed by atoms with Crippen LogP contribution in [-0.4, -0.2) is 27.6 Å². The van der Waals surface area contributed by atoms with E-state index < -0.39 is 0 Å². The molecule has 2 N–H and O–H groups in total. The van der Waals surface area contributed by atoms with E-state index in [4.69, 9.17) is 0 Å². The van der Waals surface area contributed by atoms with Crippen molar-refractivity contribution in [1.29, 1.82) is 0 Å². The molecule has 0 saturated carbocycles. The molecule has 1 saturated heterocycles. The number of hydrogen-bond acceptors (Lipinski definition) is 4. The Morgan fingerprint density at radius 2 is 1.91 bits per heavy atom. The van der Waals surface area contributed by atoms with Gasteiger partial charge in [-0.3, -0.25) is 9.89 Å². The molecule has 1 aromatic heterocycles. The Morgan fingerprint density at radius 3 is 2.70 bits per heavy atom. The summed E-state index contributed by atoms with van der Waals surface area (Å²) in [5, 5.41) is 10.8. The predicted molar refractivity (Wildman–Crippen MR) is 98.1 cm³/mol. The lowest BCUT2D eigenvalue weighted by Gasteiger charge is -2.09. The van der Waals surface area contributed by atoms with Gasteiger partial charge in [-0.1, -0.05) is 12.1 Å². The third kappa shape index (κ3) is 3.09. The summed E-state index contributed by atoms with van der Waals surface area (Å²) in [5.74, 6) is 2.31. The highest BCUT2D eigenvalue weighted by Gasteiger charge is 2.18. The Morgan fingerprint density at radius 1 is 1.13 bits per heavy atom. The molecule has 0 aliphatic carbocycles. The molecule has 0 radical (unpaired) electrons. The predicted octanol–water partition coefficient (Wildman–Crippen LogP) is 4.29. The molecule has 0 atom stereocenters. The summed E-state index contributed by atoms with van der Waals surface area (Å²) in [6, 6.07) is 13.6. The zero-order valence-corrected chi connectivity index (χ0v) is 13.9. The number of thioether (sulfide) groups is 2. The van der Waals surface area contributed by atoms with Crippen LogP contribution in [0.25, 0.3) is 10.9 Å². The van der Waals surface area contributed by atoms with Crippen molar-refractivity contribution in [3.63, 3.8) is 0 Å². The standard InChI is InChI=1S/C17H15N3OS2/c21-16(19-14-5-6-15-13(9-14)10-18-20-15)11-1-3-12(4-2-11)17-22-7-8-23-17/h1-6,9-10,17H,7-8H2,(H,18,20)(H,19,21). The molecule has 1 aliphatic rings. The summed E-state index contributed by atoms with van der Waals surface area (Å²) >= 11 is 3.94. The van der Waals surface area contributed by atoms with Crippen LogP contribution >= 0.6 is 23.5 Å². The van der Waals surface area contributed by atoms with E-state index in [1.165, 1.54) is 17.1 Å². The fourth-order valence-corrected chi connectivity index (χ4v) is 5.43. The molecule has 0 unspecified atom stereocenters. The molecule has 116 valence electrons. The number of carbonyl (C=O) groups is 1. The number of anilines is 1. The lowest BCUT2D eigenvalue weighted by molar-refractivity contribution is 0.102. The maximum atomic E-state index is 12.4. The van der Waals surface area contributed by atoms with E-state index in [1.54, 1.807) is 6.20 Å². The van der Waals surface area contributed by atoms with Gasteiger partial charge in [0.1, 0.15) is 0 Å². The second-order valence-corrected chi connectivity index (χ2v) is 8.05. The van der Waals surface area contributed by atoms with Crippen molar-refractivity contribution in [1.82, 2.24) is 10.2 Å². The summed E-state index contributed by atoms with van der Waals surface area (Å²) in [4.78, 5) is 12.4. The van der Waals surface area contributed by atoms with Gasteiger partial charge in [0.2, 0.25) is 0 Å². The second kappa shape index (κ2) is 6.29. The fourth-order valence-electron chi connectivity index (χ4n) is 2.57. The molecule has 0 spiro atoms. The van der Waals surface area contributed by atoms with Gasteiger partial charge in [-0.25, -0.2) is 0 Å². The molecular formula is C17H15N3OS2. The number of nitrogens with one attached hydrogen (secondary N) is 2. The molecule has 6 heteroatoms. The molecule has 1 aliphatic heterocycles. The van der Waals surface area contributed by atoms with Gasteiger partial charge < -0.3 is 5.32 Å². The summed E-state index contributed by atoms with van der Waals surface area (Å²) < 4.78 is 0.510. The van der Waals surface area contributed by atoms with Gasteiger partial charge in [0.05, 0.1) is 16.3 Å². The van der Waals surface area contributed by atoms with Crippen LogP contribution in [0, 0.1) is 0 Å². The Bertz CT molecular complexity index is 838. The van der Waals surface area contributed by atoms with E-state index in [2.05, 4.69) is 27.6 Å². The van der Waals surface area contributed by atoms with Gasteiger partial charge >= 0.3 is 0 Å². The molecule has 2 heterocycles. The van der Waals surface area contributed by atoms with Gasteiger partial charge in [-0.15, -0.1) is 23.5 Å². The third-order valence-corrected chi connectivity index (χ3v) is 6.87. The first-order valence-electron chi connectivity index (χ1n) is 7.37. The number of fused-ring (bicyclic) bond motifs is 1. The maximum absolute atomic E-state index is 12.4. The van der Waals surface area contributed by atoms with Crippen LogP contribution in [0.4, 0.5) is 5.69 Å². The number of carbonyl (C=O) groups excluding carboxylic acids is 1. The van der Waals surface area contributed by atoms with Gasteiger partial charge in [0, 0.05) is 28.1 Å². The van der Waals surface area contributed by atoms with Crippen molar-refractivity contribution in [3.8, 4) is 0 Å². The monoisotopic (exact) mass is 341 g/mol. The average Bonchev–Trinajstić information content (AvgIpc) is 3.26. The molecule has 1 fully saturated rings. The largest absolute Gasteiger partial charge is 0.322 e. The molecule has 1 amide bonds. The van der Waals surface area contributed by atoms with Crippen molar-refractivity contribution in [2.24, 2.45) is 0 Å². The smallest absolute Gasteiger partial charge is 0.255 e. The van der Waals surface area contributed by atoms with Gasteiger partial charge in [0.25, 0.3) is 5.91 Å². The van der Waals surface area contributed by atoms with E-state index in [1.807, 2.05) is 53.9 Å². The SMILES string of the molecule is O=C(Nc1ccc2[nH]ncc2c1)c1ccc(C2SCCS2)cc1. The number of aromatic nitrogens is 2. The van der Waals surface area contributed by atoms with Crippen molar-refractivity contribution in [3.05, 3.63) is 59.8 Å². The van der Waals surface area contributed by atoms with E-state index >= 15 is 0 Å². The first-order chi connectivity index (χ1) is 11.3. The Balaban J connectivity index is 1.49. The van der Waals surface area contributed by atoms with Crippen molar-refractivity contribution in [2.45, 2.75) is 4.58 Å². The minimum Gasteiger partial charge on any atom is -0.322 e. The van der Waals surface area contributed by atoms with E-state index in [-0.39, 0.29) is 5.91 Å². The number of amides is 1. The van der Waals surface area contributed by atoms with Gasteiger partial charge in [0.15, 0.2) is 0 Å². The Labute approximate surface area is 142 Å². The van der Waals surface area contributed by atoms with Crippen LogP contribution in [-0.2, 0) is 0 Å². The van der Waals surface area contributed by atoms with Crippen LogP contribution in [0.2, 0.25) is 0 Å². The second-order valence-electron chi connectivity index (χ2n) is 5.32. The lowest BCUT2D eigenvalue weighted by atomic mass is 10.1. The lowest BCUT2D eigenvalue weighted by Crippen LogP contribution is -2.11. The van der Waals surface area contributed by atoms with Crippen LogP contribution in [0.15, 0.2) is 48.7 Å². The highest BCUT2D eigenvalue weighted by atomic mass is 32.2. The number of H-pyrrole nitrogens is 1. The fraction of sp³-hybridized carbons (Fsp3) is 0.176. The van der Waals surface area contributed by atoms with Crippen LogP contribution in [0.3, 0.4) is 0 Å². The van der Waals surface area contributed by atoms with E-state index in [0.717, 1.165) is 16.6 Å². The average molecular weight is 341 g/mol. The summed E-state index contributed by atoms with van der Waals surface area (Å²) in [7, 11) is 0. The minimum absolute atomic E-state index is 0.0916. The Hall–Kier alpha value is -1.92. The van der Waals surface area contributed by atoms with Crippen LogP contribution < -0.4 is 5.32 Å². The number of benzene rings is 2. The molecular weight excluding hydrogens is 326 g/mol. The topological polar surface area (TPSA) is 57.8 Å².